The molecule has 1 aliphatic rings. The molecule has 0 aromatic carbocycles. The van der Waals surface area contributed by atoms with Crippen LogP contribution in [0.4, 0.5) is 0 Å². The van der Waals surface area contributed by atoms with Gasteiger partial charge in [0.1, 0.15) is 0 Å². The van der Waals surface area contributed by atoms with Gasteiger partial charge >= 0.3 is 11.9 Å². The highest BCUT2D eigenvalue weighted by molar-refractivity contribution is 5.81. The van der Waals surface area contributed by atoms with E-state index in [0.717, 1.165) is 18.9 Å². The van der Waals surface area contributed by atoms with E-state index in [-0.39, 0.29) is 5.97 Å². The predicted octanol–water partition coefficient (Wildman–Crippen LogP) is 1.16. The zero-order chi connectivity index (χ0) is 9.68. The fraction of sp³-hybridized carbons (Fsp3) is 0.556. The number of cyclic esters (lactones) is 1. The van der Waals surface area contributed by atoms with Crippen LogP contribution in [0.3, 0.4) is 0 Å². The van der Waals surface area contributed by atoms with E-state index in [4.69, 9.17) is 9.47 Å². The maximum absolute atomic E-state index is 10.9. The molecule has 13 heavy (non-hydrogen) atoms. The molecule has 0 radical (unpaired) electrons. The monoisotopic (exact) mass is 184 g/mol. The molecule has 0 aromatic heterocycles. The van der Waals surface area contributed by atoms with Gasteiger partial charge in [0, 0.05) is 18.9 Å². The quantitative estimate of drug-likeness (QED) is 0.477. The van der Waals surface area contributed by atoms with Gasteiger partial charge in [0.25, 0.3) is 0 Å². The summed E-state index contributed by atoms with van der Waals surface area (Å²) in [5.74, 6) is -0.862. The van der Waals surface area contributed by atoms with Crippen molar-refractivity contribution in [2.75, 3.05) is 0 Å². The summed E-state index contributed by atoms with van der Waals surface area (Å²) in [6, 6.07) is 0. The van der Waals surface area contributed by atoms with E-state index in [1.54, 1.807) is 0 Å². The summed E-state index contributed by atoms with van der Waals surface area (Å²) >= 11 is 0. The summed E-state index contributed by atoms with van der Waals surface area (Å²) in [6.45, 7) is 3.25. The SMILES string of the molecule is C=CC(=O)OC1CCCCC(=O)O1. The number of ether oxygens (including phenoxy) is 2. The van der Waals surface area contributed by atoms with Crippen molar-refractivity contribution in [1.29, 1.82) is 0 Å². The van der Waals surface area contributed by atoms with Crippen molar-refractivity contribution in [2.24, 2.45) is 0 Å². The first-order chi connectivity index (χ1) is 6.22. The molecular weight excluding hydrogens is 172 g/mol. The molecule has 0 bridgehead atoms. The molecule has 1 unspecified atom stereocenters. The fourth-order valence-electron chi connectivity index (χ4n) is 1.11. The zero-order valence-electron chi connectivity index (χ0n) is 7.32. The summed E-state index contributed by atoms with van der Waals surface area (Å²) in [7, 11) is 0. The van der Waals surface area contributed by atoms with Gasteiger partial charge < -0.3 is 9.47 Å². The second kappa shape index (κ2) is 4.64. The van der Waals surface area contributed by atoms with Crippen molar-refractivity contribution in [1.82, 2.24) is 0 Å². The highest BCUT2D eigenvalue weighted by Crippen LogP contribution is 2.15. The van der Waals surface area contributed by atoms with Crippen LogP contribution in [0.1, 0.15) is 25.7 Å². The molecule has 1 aliphatic heterocycles. The van der Waals surface area contributed by atoms with Crippen molar-refractivity contribution in [2.45, 2.75) is 32.0 Å². The Morgan fingerprint density at radius 3 is 3.08 bits per heavy atom. The van der Waals surface area contributed by atoms with E-state index in [9.17, 15) is 9.59 Å². The van der Waals surface area contributed by atoms with Crippen molar-refractivity contribution >= 4 is 11.9 Å². The van der Waals surface area contributed by atoms with Gasteiger partial charge in [0.05, 0.1) is 0 Å². The molecule has 0 aliphatic carbocycles. The first-order valence-corrected chi connectivity index (χ1v) is 4.25. The molecule has 4 nitrogen and oxygen atoms in total. The molecule has 72 valence electrons. The van der Waals surface area contributed by atoms with E-state index in [0.29, 0.717) is 12.8 Å². The lowest BCUT2D eigenvalue weighted by atomic mass is 10.2. The van der Waals surface area contributed by atoms with Crippen LogP contribution < -0.4 is 0 Å². The minimum absolute atomic E-state index is 0.306. The van der Waals surface area contributed by atoms with Crippen LogP contribution in [0.5, 0.6) is 0 Å². The minimum atomic E-state index is -0.722. The fourth-order valence-corrected chi connectivity index (χ4v) is 1.11. The number of carbonyl (C=O) groups is 2. The van der Waals surface area contributed by atoms with Gasteiger partial charge in [-0.1, -0.05) is 6.58 Å². The van der Waals surface area contributed by atoms with Gasteiger partial charge in [0.15, 0.2) is 0 Å². The second-order valence-electron chi connectivity index (χ2n) is 2.81. The molecule has 4 heteroatoms. The van der Waals surface area contributed by atoms with Crippen LogP contribution in [-0.2, 0) is 19.1 Å². The molecule has 1 rings (SSSR count). The van der Waals surface area contributed by atoms with Crippen molar-refractivity contribution < 1.29 is 19.1 Å². The predicted molar refractivity (Wildman–Crippen MR) is 44.6 cm³/mol. The molecule has 0 aromatic rings. The third kappa shape index (κ3) is 3.27. The lowest BCUT2D eigenvalue weighted by Gasteiger charge is -2.13. The highest BCUT2D eigenvalue weighted by Gasteiger charge is 2.20. The average molecular weight is 184 g/mol. The second-order valence-corrected chi connectivity index (χ2v) is 2.81. The first-order valence-electron chi connectivity index (χ1n) is 4.25. The molecular formula is C9H12O4. The summed E-state index contributed by atoms with van der Waals surface area (Å²) in [6.07, 6.45) is 2.94. The van der Waals surface area contributed by atoms with Gasteiger partial charge in [-0.25, -0.2) is 4.79 Å². The Balaban J connectivity index is 2.43. The summed E-state index contributed by atoms with van der Waals surface area (Å²) in [5.41, 5.74) is 0. The lowest BCUT2D eigenvalue weighted by Crippen LogP contribution is -2.21. The normalized spacial score (nSPS) is 22.8. The Morgan fingerprint density at radius 1 is 1.62 bits per heavy atom. The number of carbonyl (C=O) groups excluding carboxylic acids is 2. The average Bonchev–Trinajstić information content (AvgIpc) is 2.30. The molecule has 0 saturated carbocycles. The van der Waals surface area contributed by atoms with Gasteiger partial charge in [-0.3, -0.25) is 4.79 Å². The van der Waals surface area contributed by atoms with Crippen molar-refractivity contribution in [3.8, 4) is 0 Å². The molecule has 1 heterocycles. The Labute approximate surface area is 76.5 Å². The van der Waals surface area contributed by atoms with E-state index in [2.05, 4.69) is 6.58 Å². The Kier molecular flexibility index (Phi) is 3.49. The van der Waals surface area contributed by atoms with Gasteiger partial charge in [-0.05, 0) is 12.8 Å². The maximum Gasteiger partial charge on any atom is 0.333 e. The minimum Gasteiger partial charge on any atom is -0.425 e. The Bertz CT molecular complexity index is 222. The van der Waals surface area contributed by atoms with Crippen molar-refractivity contribution in [3.63, 3.8) is 0 Å². The van der Waals surface area contributed by atoms with Crippen LogP contribution in [-0.4, -0.2) is 18.2 Å². The third-order valence-electron chi connectivity index (χ3n) is 1.75. The number of esters is 2. The Morgan fingerprint density at radius 2 is 2.38 bits per heavy atom. The molecule has 0 N–H and O–H groups in total. The maximum atomic E-state index is 10.9. The van der Waals surface area contributed by atoms with Crippen LogP contribution in [0.15, 0.2) is 12.7 Å². The van der Waals surface area contributed by atoms with Crippen LogP contribution in [0, 0.1) is 0 Å². The first kappa shape index (κ1) is 9.77. The largest absolute Gasteiger partial charge is 0.425 e. The lowest BCUT2D eigenvalue weighted by molar-refractivity contribution is -0.183. The highest BCUT2D eigenvalue weighted by atomic mass is 16.7. The van der Waals surface area contributed by atoms with E-state index < -0.39 is 12.3 Å². The van der Waals surface area contributed by atoms with Crippen LogP contribution >= 0.6 is 0 Å². The van der Waals surface area contributed by atoms with Gasteiger partial charge in [-0.15, -0.1) is 0 Å². The smallest absolute Gasteiger partial charge is 0.333 e. The summed E-state index contributed by atoms with van der Waals surface area (Å²) in [5, 5.41) is 0. The van der Waals surface area contributed by atoms with Gasteiger partial charge in [-0.2, -0.15) is 0 Å². The number of rotatable bonds is 2. The molecule has 0 amide bonds. The van der Waals surface area contributed by atoms with E-state index in [1.165, 1.54) is 0 Å². The molecule has 0 spiro atoms. The molecule has 1 fully saturated rings. The van der Waals surface area contributed by atoms with E-state index in [1.807, 2.05) is 0 Å². The Hall–Kier alpha value is -1.32. The van der Waals surface area contributed by atoms with E-state index >= 15 is 0 Å². The van der Waals surface area contributed by atoms with Crippen LogP contribution in [0.25, 0.3) is 0 Å². The molecule has 1 saturated heterocycles. The zero-order valence-corrected chi connectivity index (χ0v) is 7.32. The third-order valence-corrected chi connectivity index (χ3v) is 1.75. The topological polar surface area (TPSA) is 52.6 Å². The molecule has 1 atom stereocenters. The summed E-state index contributed by atoms with van der Waals surface area (Å²) < 4.78 is 9.64. The standard InChI is InChI=1S/C9H12O4/c1-2-7(10)12-9-6-4-3-5-8(11)13-9/h2,9H,1,3-6H2. The number of hydrogen-bond acceptors (Lipinski definition) is 4. The van der Waals surface area contributed by atoms with Crippen molar-refractivity contribution in [3.05, 3.63) is 12.7 Å². The van der Waals surface area contributed by atoms with Gasteiger partial charge in [0.2, 0.25) is 6.29 Å². The summed E-state index contributed by atoms with van der Waals surface area (Å²) in [4.78, 5) is 21.7. The van der Waals surface area contributed by atoms with Crippen LogP contribution in [0.2, 0.25) is 0 Å². The number of hydrogen-bond donors (Lipinski definition) is 0.